The number of carbonyl (C=O) groups is 2. The number of carboxylic acids is 1. The maximum atomic E-state index is 12.3. The second-order valence-electron chi connectivity index (χ2n) is 6.63. The Morgan fingerprint density at radius 2 is 2.05 bits per heavy atom. The van der Waals surface area contributed by atoms with Crippen molar-refractivity contribution in [2.24, 2.45) is 5.41 Å². The molecule has 1 atom stereocenters. The van der Waals surface area contributed by atoms with Gasteiger partial charge in [0, 0.05) is 19.0 Å². The SMILES string of the molecule is CC(C)NCCCC(=O)N1CCCC(C)(C)C1C(=O)O. The zero-order chi connectivity index (χ0) is 15.3. The highest BCUT2D eigenvalue weighted by Gasteiger charge is 2.44. The molecule has 0 saturated carbocycles. The summed E-state index contributed by atoms with van der Waals surface area (Å²) in [4.78, 5) is 25.3. The fourth-order valence-electron chi connectivity index (χ4n) is 2.90. The smallest absolute Gasteiger partial charge is 0.326 e. The van der Waals surface area contributed by atoms with Crippen molar-refractivity contribution in [3.63, 3.8) is 0 Å². The number of likely N-dealkylation sites (tertiary alicyclic amines) is 1. The van der Waals surface area contributed by atoms with Gasteiger partial charge in [0.2, 0.25) is 5.91 Å². The van der Waals surface area contributed by atoms with Gasteiger partial charge in [-0.15, -0.1) is 0 Å². The number of carboxylic acid groups (broad SMARTS) is 1. The number of amides is 1. The summed E-state index contributed by atoms with van der Waals surface area (Å²) >= 11 is 0. The van der Waals surface area contributed by atoms with E-state index in [2.05, 4.69) is 19.2 Å². The predicted octanol–water partition coefficient (Wildman–Crippen LogP) is 1.87. The third kappa shape index (κ3) is 4.47. The summed E-state index contributed by atoms with van der Waals surface area (Å²) in [5.41, 5.74) is -0.351. The largest absolute Gasteiger partial charge is 0.480 e. The maximum Gasteiger partial charge on any atom is 0.326 e. The quantitative estimate of drug-likeness (QED) is 0.731. The topological polar surface area (TPSA) is 69.6 Å². The summed E-state index contributed by atoms with van der Waals surface area (Å²) in [6, 6.07) is -0.285. The summed E-state index contributed by atoms with van der Waals surface area (Å²) in [6.45, 7) is 9.36. The number of rotatable bonds is 6. The lowest BCUT2D eigenvalue weighted by Crippen LogP contribution is -2.56. The molecule has 0 radical (unpaired) electrons. The van der Waals surface area contributed by atoms with Crippen LogP contribution in [0.3, 0.4) is 0 Å². The number of aliphatic carboxylic acids is 1. The minimum Gasteiger partial charge on any atom is -0.480 e. The van der Waals surface area contributed by atoms with Gasteiger partial charge in [-0.1, -0.05) is 27.7 Å². The lowest BCUT2D eigenvalue weighted by molar-refractivity contribution is -0.158. The van der Waals surface area contributed by atoms with Gasteiger partial charge < -0.3 is 15.3 Å². The number of hydrogen-bond donors (Lipinski definition) is 2. The Kier molecular flexibility index (Phi) is 5.99. The van der Waals surface area contributed by atoms with Crippen LogP contribution in [0.1, 0.15) is 53.4 Å². The van der Waals surface area contributed by atoms with E-state index in [1.54, 1.807) is 4.90 Å². The maximum absolute atomic E-state index is 12.3. The Morgan fingerprint density at radius 3 is 2.60 bits per heavy atom. The van der Waals surface area contributed by atoms with Crippen LogP contribution < -0.4 is 5.32 Å². The van der Waals surface area contributed by atoms with E-state index in [0.29, 0.717) is 19.0 Å². The summed E-state index contributed by atoms with van der Waals surface area (Å²) in [7, 11) is 0. The average molecular weight is 284 g/mol. The number of nitrogens with one attached hydrogen (secondary N) is 1. The van der Waals surface area contributed by atoms with Gasteiger partial charge >= 0.3 is 5.97 Å². The molecule has 2 N–H and O–H groups in total. The molecule has 1 unspecified atom stereocenters. The van der Waals surface area contributed by atoms with Crippen LogP contribution in [0.4, 0.5) is 0 Å². The zero-order valence-electron chi connectivity index (χ0n) is 13.1. The minimum absolute atomic E-state index is 0.0317. The van der Waals surface area contributed by atoms with Crippen molar-refractivity contribution in [3.05, 3.63) is 0 Å². The molecule has 5 heteroatoms. The molecule has 0 spiro atoms. The van der Waals surface area contributed by atoms with E-state index >= 15 is 0 Å². The molecular formula is C15H28N2O3. The van der Waals surface area contributed by atoms with Crippen molar-refractivity contribution in [2.75, 3.05) is 13.1 Å². The van der Waals surface area contributed by atoms with Crippen LogP contribution in [0, 0.1) is 5.41 Å². The number of carbonyl (C=O) groups excluding carboxylic acids is 1. The van der Waals surface area contributed by atoms with Crippen LogP contribution in [0.2, 0.25) is 0 Å². The first-order valence-electron chi connectivity index (χ1n) is 7.51. The van der Waals surface area contributed by atoms with Crippen LogP contribution in [-0.2, 0) is 9.59 Å². The van der Waals surface area contributed by atoms with E-state index < -0.39 is 12.0 Å². The highest BCUT2D eigenvalue weighted by molar-refractivity contribution is 5.84. The van der Waals surface area contributed by atoms with E-state index in [0.717, 1.165) is 25.8 Å². The van der Waals surface area contributed by atoms with Crippen molar-refractivity contribution >= 4 is 11.9 Å². The van der Waals surface area contributed by atoms with Gasteiger partial charge in [-0.25, -0.2) is 4.79 Å². The summed E-state index contributed by atoms with van der Waals surface area (Å²) in [6.07, 6.45) is 2.90. The second-order valence-corrected chi connectivity index (χ2v) is 6.63. The van der Waals surface area contributed by atoms with E-state index in [1.165, 1.54) is 0 Å². The van der Waals surface area contributed by atoms with Crippen molar-refractivity contribution in [1.29, 1.82) is 0 Å². The molecular weight excluding hydrogens is 256 g/mol. The van der Waals surface area contributed by atoms with Crippen LogP contribution >= 0.6 is 0 Å². The Bertz CT molecular complexity index is 353. The first-order valence-corrected chi connectivity index (χ1v) is 7.51. The van der Waals surface area contributed by atoms with E-state index in [9.17, 15) is 14.7 Å². The molecule has 0 aromatic rings. The average Bonchev–Trinajstić information content (AvgIpc) is 2.32. The number of nitrogens with zero attached hydrogens (tertiary/aromatic N) is 1. The first-order chi connectivity index (χ1) is 9.25. The molecule has 0 aromatic heterocycles. The molecule has 1 saturated heterocycles. The molecule has 5 nitrogen and oxygen atoms in total. The van der Waals surface area contributed by atoms with Crippen molar-refractivity contribution in [1.82, 2.24) is 10.2 Å². The van der Waals surface area contributed by atoms with Gasteiger partial charge in [0.15, 0.2) is 0 Å². The number of piperidine rings is 1. The van der Waals surface area contributed by atoms with Gasteiger partial charge in [0.1, 0.15) is 6.04 Å². The summed E-state index contributed by atoms with van der Waals surface area (Å²) in [5.74, 6) is -0.918. The highest BCUT2D eigenvalue weighted by atomic mass is 16.4. The van der Waals surface area contributed by atoms with E-state index in [1.807, 2.05) is 13.8 Å². The Hall–Kier alpha value is -1.10. The third-order valence-electron chi connectivity index (χ3n) is 3.95. The van der Waals surface area contributed by atoms with Crippen LogP contribution in [0.15, 0.2) is 0 Å². The van der Waals surface area contributed by atoms with Crippen LogP contribution in [-0.4, -0.2) is 47.1 Å². The molecule has 1 aliphatic heterocycles. The summed E-state index contributed by atoms with van der Waals surface area (Å²) in [5, 5.41) is 12.7. The third-order valence-corrected chi connectivity index (χ3v) is 3.95. The number of hydrogen-bond acceptors (Lipinski definition) is 3. The zero-order valence-corrected chi connectivity index (χ0v) is 13.1. The molecule has 0 aliphatic carbocycles. The van der Waals surface area contributed by atoms with Crippen molar-refractivity contribution in [2.45, 2.75) is 65.5 Å². The van der Waals surface area contributed by atoms with Crippen LogP contribution in [0.25, 0.3) is 0 Å². The van der Waals surface area contributed by atoms with E-state index in [4.69, 9.17) is 0 Å². The Morgan fingerprint density at radius 1 is 1.40 bits per heavy atom. The lowest BCUT2D eigenvalue weighted by atomic mass is 9.76. The van der Waals surface area contributed by atoms with Gasteiger partial charge in [0.25, 0.3) is 0 Å². The second kappa shape index (κ2) is 7.07. The van der Waals surface area contributed by atoms with Crippen molar-refractivity contribution < 1.29 is 14.7 Å². The molecule has 1 rings (SSSR count). The first kappa shape index (κ1) is 17.0. The highest BCUT2D eigenvalue weighted by Crippen LogP contribution is 2.35. The Balaban J connectivity index is 2.58. The van der Waals surface area contributed by atoms with Gasteiger partial charge in [-0.05, 0) is 31.2 Å². The van der Waals surface area contributed by atoms with Gasteiger partial charge in [-0.2, -0.15) is 0 Å². The normalized spacial score (nSPS) is 22.1. The van der Waals surface area contributed by atoms with Crippen molar-refractivity contribution in [3.8, 4) is 0 Å². The van der Waals surface area contributed by atoms with Crippen LogP contribution in [0.5, 0.6) is 0 Å². The molecule has 1 aliphatic rings. The Labute approximate surface area is 121 Å². The molecule has 1 fully saturated rings. The lowest BCUT2D eigenvalue weighted by Gasteiger charge is -2.44. The predicted molar refractivity (Wildman–Crippen MR) is 78.5 cm³/mol. The minimum atomic E-state index is -0.886. The van der Waals surface area contributed by atoms with Gasteiger partial charge in [-0.3, -0.25) is 4.79 Å². The molecule has 0 aromatic carbocycles. The summed E-state index contributed by atoms with van der Waals surface area (Å²) < 4.78 is 0. The molecule has 0 bridgehead atoms. The molecule has 1 amide bonds. The molecule has 1 heterocycles. The van der Waals surface area contributed by atoms with Gasteiger partial charge in [0.05, 0.1) is 0 Å². The fourth-order valence-corrected chi connectivity index (χ4v) is 2.90. The standard InChI is InChI=1S/C15H28N2O3/c1-11(2)16-9-5-7-12(18)17-10-6-8-15(3,4)13(17)14(19)20/h11,13,16H,5-10H2,1-4H3,(H,19,20). The van der Waals surface area contributed by atoms with E-state index in [-0.39, 0.29) is 11.3 Å². The molecule has 116 valence electrons. The fraction of sp³-hybridized carbons (Fsp3) is 0.867. The monoisotopic (exact) mass is 284 g/mol. The molecule has 20 heavy (non-hydrogen) atoms.